The minimum absolute atomic E-state index is 0.135. The maximum Gasteiger partial charge on any atom is 0.142 e. The van der Waals surface area contributed by atoms with Crippen molar-refractivity contribution in [1.82, 2.24) is 9.97 Å². The summed E-state index contributed by atoms with van der Waals surface area (Å²) in [5.74, 6) is 6.75. The summed E-state index contributed by atoms with van der Waals surface area (Å²) in [5.41, 5.74) is 2.53. The highest BCUT2D eigenvalue weighted by atomic mass is 32.1. The Morgan fingerprint density at radius 2 is 2.17 bits per heavy atom. The van der Waals surface area contributed by atoms with E-state index in [1.54, 1.807) is 11.3 Å². The van der Waals surface area contributed by atoms with Crippen LogP contribution in [0.15, 0.2) is 24.4 Å². The minimum Gasteiger partial charge on any atom is -0.361 e. The summed E-state index contributed by atoms with van der Waals surface area (Å²) < 4.78 is 0. The van der Waals surface area contributed by atoms with Crippen LogP contribution in [0.4, 0.5) is 11.6 Å². The number of nitrogens with one attached hydrogen (secondary N) is 2. The number of hydrazine groups is 1. The number of pyridine rings is 1. The molecule has 0 saturated carbocycles. The summed E-state index contributed by atoms with van der Waals surface area (Å²) in [5, 5.41) is 4.38. The van der Waals surface area contributed by atoms with E-state index >= 15 is 0 Å². The van der Waals surface area contributed by atoms with Crippen molar-refractivity contribution in [2.75, 3.05) is 10.7 Å². The fourth-order valence-electron chi connectivity index (χ4n) is 1.57. The van der Waals surface area contributed by atoms with E-state index < -0.39 is 0 Å². The average molecular weight is 263 g/mol. The fraction of sp³-hybridized carbons (Fsp3) is 0.333. The minimum atomic E-state index is 0.135. The number of nitrogens with two attached hydrogens (primary N) is 1. The van der Waals surface area contributed by atoms with Crippen LogP contribution < -0.4 is 16.6 Å². The summed E-state index contributed by atoms with van der Waals surface area (Å²) >= 11 is 1.73. The Morgan fingerprint density at radius 3 is 2.83 bits per heavy atom. The first-order chi connectivity index (χ1) is 8.72. The maximum atomic E-state index is 5.33. The molecule has 0 aliphatic carbocycles. The highest BCUT2D eigenvalue weighted by molar-refractivity contribution is 7.11. The van der Waals surface area contributed by atoms with Crippen molar-refractivity contribution in [1.29, 1.82) is 0 Å². The maximum absolute atomic E-state index is 5.33. The smallest absolute Gasteiger partial charge is 0.142 e. The van der Waals surface area contributed by atoms with Gasteiger partial charge >= 0.3 is 0 Å². The van der Waals surface area contributed by atoms with E-state index in [9.17, 15) is 0 Å². The number of rotatable bonds is 5. The average Bonchev–Trinajstić information content (AvgIpc) is 2.88. The van der Waals surface area contributed by atoms with E-state index in [2.05, 4.69) is 34.6 Å². The summed E-state index contributed by atoms with van der Waals surface area (Å²) in [7, 11) is 0. The number of nitrogen functional groups attached to an aromatic ring is 1. The van der Waals surface area contributed by atoms with E-state index in [1.165, 1.54) is 4.88 Å². The Bertz CT molecular complexity index is 511. The van der Waals surface area contributed by atoms with Crippen molar-refractivity contribution in [2.45, 2.75) is 26.3 Å². The summed E-state index contributed by atoms with van der Waals surface area (Å²) in [6.45, 7) is 4.20. The SMILES string of the molecule is CCc1cnc(C(C)Nc2cccc(NN)n2)s1. The van der Waals surface area contributed by atoms with Gasteiger partial charge in [-0.25, -0.2) is 15.8 Å². The lowest BCUT2D eigenvalue weighted by Gasteiger charge is -2.12. The Morgan fingerprint density at radius 1 is 1.39 bits per heavy atom. The second-order valence-corrected chi connectivity index (χ2v) is 5.08. The first-order valence-electron chi connectivity index (χ1n) is 5.87. The monoisotopic (exact) mass is 263 g/mol. The molecule has 0 aliphatic rings. The third-order valence-corrected chi connectivity index (χ3v) is 3.88. The zero-order chi connectivity index (χ0) is 13.0. The molecule has 0 fully saturated rings. The summed E-state index contributed by atoms with van der Waals surface area (Å²) in [6.07, 6.45) is 2.96. The molecule has 0 spiro atoms. The highest BCUT2D eigenvalue weighted by Gasteiger charge is 2.10. The molecule has 6 heteroatoms. The van der Waals surface area contributed by atoms with Gasteiger partial charge in [0.25, 0.3) is 0 Å². The molecule has 0 aromatic carbocycles. The van der Waals surface area contributed by atoms with E-state index in [-0.39, 0.29) is 6.04 Å². The predicted molar refractivity (Wildman–Crippen MR) is 75.6 cm³/mol. The second-order valence-electron chi connectivity index (χ2n) is 3.94. The normalized spacial score (nSPS) is 12.2. The summed E-state index contributed by atoms with van der Waals surface area (Å²) in [4.78, 5) is 10.0. The number of aryl methyl sites for hydroxylation is 1. The molecule has 2 rings (SSSR count). The molecule has 5 nitrogen and oxygen atoms in total. The number of hydrogen-bond acceptors (Lipinski definition) is 6. The molecule has 0 amide bonds. The van der Waals surface area contributed by atoms with E-state index in [0.717, 1.165) is 17.2 Å². The molecular formula is C12H17N5S. The van der Waals surface area contributed by atoms with Crippen LogP contribution in [0.1, 0.15) is 29.8 Å². The zero-order valence-corrected chi connectivity index (χ0v) is 11.3. The molecule has 96 valence electrons. The lowest BCUT2D eigenvalue weighted by Crippen LogP contribution is -2.11. The third-order valence-electron chi connectivity index (χ3n) is 2.55. The predicted octanol–water partition coefficient (Wildman–Crippen LogP) is 2.56. The number of thiazole rings is 1. The second kappa shape index (κ2) is 5.79. The Balaban J connectivity index is 2.08. The molecule has 4 N–H and O–H groups in total. The van der Waals surface area contributed by atoms with Gasteiger partial charge in [-0.15, -0.1) is 11.3 Å². The lowest BCUT2D eigenvalue weighted by molar-refractivity contribution is 0.860. The molecule has 2 heterocycles. The molecule has 2 aromatic rings. The fourth-order valence-corrected chi connectivity index (χ4v) is 2.42. The van der Waals surface area contributed by atoms with Gasteiger partial charge in [-0.1, -0.05) is 13.0 Å². The van der Waals surface area contributed by atoms with E-state index in [4.69, 9.17) is 5.84 Å². The Hall–Kier alpha value is -1.66. The van der Waals surface area contributed by atoms with Crippen molar-refractivity contribution in [3.8, 4) is 0 Å². The van der Waals surface area contributed by atoms with Crippen LogP contribution in [0.3, 0.4) is 0 Å². The van der Waals surface area contributed by atoms with Crippen LogP contribution in [0.2, 0.25) is 0 Å². The third kappa shape index (κ3) is 2.96. The van der Waals surface area contributed by atoms with Crippen LogP contribution >= 0.6 is 11.3 Å². The Kier molecular flexibility index (Phi) is 4.11. The van der Waals surface area contributed by atoms with Crippen LogP contribution in [0.25, 0.3) is 0 Å². The van der Waals surface area contributed by atoms with Crippen LogP contribution in [-0.2, 0) is 6.42 Å². The quantitative estimate of drug-likeness (QED) is 0.571. The number of aromatic nitrogens is 2. The van der Waals surface area contributed by atoms with Gasteiger partial charge in [-0.05, 0) is 25.5 Å². The summed E-state index contributed by atoms with van der Waals surface area (Å²) in [6, 6.07) is 5.76. The molecular weight excluding hydrogens is 246 g/mol. The van der Waals surface area contributed by atoms with Gasteiger partial charge in [-0.2, -0.15) is 0 Å². The van der Waals surface area contributed by atoms with Crippen LogP contribution in [-0.4, -0.2) is 9.97 Å². The van der Waals surface area contributed by atoms with Gasteiger partial charge in [0.2, 0.25) is 0 Å². The molecule has 0 aliphatic heterocycles. The van der Waals surface area contributed by atoms with Crippen molar-refractivity contribution in [2.24, 2.45) is 5.84 Å². The largest absolute Gasteiger partial charge is 0.361 e. The Labute approximate surface area is 110 Å². The van der Waals surface area contributed by atoms with Gasteiger partial charge in [0, 0.05) is 11.1 Å². The van der Waals surface area contributed by atoms with Gasteiger partial charge < -0.3 is 10.7 Å². The van der Waals surface area contributed by atoms with E-state index in [1.807, 2.05) is 24.4 Å². The standard InChI is InChI=1S/C12H17N5S/c1-3-9-7-14-12(18-9)8(2)15-10-5-4-6-11(16-10)17-13/h4-8H,3,13H2,1-2H3,(H2,15,16,17). The molecule has 18 heavy (non-hydrogen) atoms. The van der Waals surface area contributed by atoms with Crippen molar-refractivity contribution < 1.29 is 0 Å². The molecule has 1 atom stereocenters. The topological polar surface area (TPSA) is 75.9 Å². The highest BCUT2D eigenvalue weighted by Crippen LogP contribution is 2.23. The molecule has 2 aromatic heterocycles. The molecule has 0 radical (unpaired) electrons. The zero-order valence-electron chi connectivity index (χ0n) is 10.5. The molecule has 0 bridgehead atoms. The van der Waals surface area contributed by atoms with Gasteiger partial charge in [-0.3, -0.25) is 0 Å². The lowest BCUT2D eigenvalue weighted by atomic mass is 10.3. The van der Waals surface area contributed by atoms with Crippen LogP contribution in [0.5, 0.6) is 0 Å². The number of hydrogen-bond donors (Lipinski definition) is 3. The first kappa shape index (κ1) is 12.8. The molecule has 0 saturated heterocycles. The number of anilines is 2. The van der Waals surface area contributed by atoms with Crippen molar-refractivity contribution in [3.63, 3.8) is 0 Å². The number of nitrogens with zero attached hydrogens (tertiary/aromatic N) is 2. The van der Waals surface area contributed by atoms with Gasteiger partial charge in [0.05, 0.1) is 6.04 Å². The van der Waals surface area contributed by atoms with E-state index in [0.29, 0.717) is 5.82 Å². The van der Waals surface area contributed by atoms with Crippen LogP contribution in [0, 0.1) is 0 Å². The van der Waals surface area contributed by atoms with Gasteiger partial charge in [0.15, 0.2) is 0 Å². The van der Waals surface area contributed by atoms with Gasteiger partial charge in [0.1, 0.15) is 16.6 Å². The molecule has 1 unspecified atom stereocenters. The van der Waals surface area contributed by atoms with Crippen molar-refractivity contribution >= 4 is 23.0 Å². The van der Waals surface area contributed by atoms with Crippen molar-refractivity contribution in [3.05, 3.63) is 34.3 Å². The first-order valence-corrected chi connectivity index (χ1v) is 6.69.